The third-order valence-electron chi connectivity index (χ3n) is 5.64. The molecule has 1 fully saturated rings. The van der Waals surface area contributed by atoms with Gasteiger partial charge in [-0.1, -0.05) is 42.8 Å². The highest BCUT2D eigenvalue weighted by molar-refractivity contribution is 14.0. The van der Waals surface area contributed by atoms with Gasteiger partial charge in [-0.25, -0.2) is 9.67 Å². The first-order chi connectivity index (χ1) is 15.3. The number of guanidine groups is 1. The Bertz CT molecular complexity index is 947. The maximum atomic E-state index is 4.34. The lowest BCUT2D eigenvalue weighted by molar-refractivity contribution is 0.221. The molecule has 0 atom stereocenters. The van der Waals surface area contributed by atoms with Gasteiger partial charge in [-0.2, -0.15) is 5.10 Å². The lowest BCUT2D eigenvalue weighted by Gasteiger charge is -2.26. The van der Waals surface area contributed by atoms with Gasteiger partial charge in [-0.05, 0) is 54.8 Å². The first kappa shape index (κ1) is 24.2. The predicted octanol–water partition coefficient (Wildman–Crippen LogP) is 3.74. The number of aromatic nitrogens is 3. The van der Waals surface area contributed by atoms with Gasteiger partial charge in [0, 0.05) is 26.7 Å². The number of benzene rings is 2. The van der Waals surface area contributed by atoms with Gasteiger partial charge in [-0.3, -0.25) is 9.89 Å². The molecule has 1 aliphatic heterocycles. The number of nitrogens with zero attached hydrogens (tertiary/aromatic N) is 5. The van der Waals surface area contributed by atoms with Crippen molar-refractivity contribution in [2.45, 2.75) is 38.9 Å². The molecule has 3 aromatic rings. The van der Waals surface area contributed by atoms with Gasteiger partial charge in [0.05, 0.1) is 5.69 Å². The summed E-state index contributed by atoms with van der Waals surface area (Å²) in [5, 5.41) is 10.9. The maximum Gasteiger partial charge on any atom is 0.191 e. The molecule has 32 heavy (non-hydrogen) atoms. The van der Waals surface area contributed by atoms with Crippen LogP contribution in [0, 0.1) is 0 Å². The molecule has 7 nitrogen and oxygen atoms in total. The van der Waals surface area contributed by atoms with Crippen molar-refractivity contribution in [1.82, 2.24) is 30.3 Å². The molecule has 4 rings (SSSR count). The summed E-state index contributed by atoms with van der Waals surface area (Å²) in [6.45, 7) is 4.97. The van der Waals surface area contributed by atoms with Crippen molar-refractivity contribution in [2.24, 2.45) is 4.99 Å². The zero-order valence-electron chi connectivity index (χ0n) is 18.6. The van der Waals surface area contributed by atoms with E-state index in [1.807, 2.05) is 12.1 Å². The molecule has 1 aromatic heterocycles. The van der Waals surface area contributed by atoms with Crippen molar-refractivity contribution in [2.75, 3.05) is 20.1 Å². The Hall–Kier alpha value is -2.46. The number of hydrogen-bond donors (Lipinski definition) is 2. The van der Waals surface area contributed by atoms with E-state index in [9.17, 15) is 0 Å². The molecule has 2 N–H and O–H groups in total. The summed E-state index contributed by atoms with van der Waals surface area (Å²) in [6.07, 6.45) is 7.28. The van der Waals surface area contributed by atoms with Crippen LogP contribution in [0.3, 0.4) is 0 Å². The number of rotatable bonds is 7. The molecule has 170 valence electrons. The number of piperidine rings is 1. The van der Waals surface area contributed by atoms with E-state index in [1.54, 1.807) is 18.1 Å². The smallest absolute Gasteiger partial charge is 0.191 e. The first-order valence-electron chi connectivity index (χ1n) is 11.0. The Balaban J connectivity index is 0.00000289. The number of aliphatic imine (C=N–C) groups is 1. The Morgan fingerprint density at radius 1 is 0.875 bits per heavy atom. The molecule has 0 spiro atoms. The molecule has 0 unspecified atom stereocenters. The second kappa shape index (κ2) is 12.5. The zero-order valence-corrected chi connectivity index (χ0v) is 20.9. The van der Waals surface area contributed by atoms with Gasteiger partial charge in [0.2, 0.25) is 0 Å². The van der Waals surface area contributed by atoms with Crippen LogP contribution in [0.5, 0.6) is 0 Å². The predicted molar refractivity (Wildman–Crippen MR) is 139 cm³/mol. The quantitative estimate of drug-likeness (QED) is 0.269. The monoisotopic (exact) mass is 545 g/mol. The molecular weight excluding hydrogens is 513 g/mol. The number of likely N-dealkylation sites (tertiary alicyclic amines) is 1. The van der Waals surface area contributed by atoms with Crippen LogP contribution in [0.1, 0.15) is 36.0 Å². The third kappa shape index (κ3) is 7.03. The van der Waals surface area contributed by atoms with E-state index in [0.29, 0.717) is 6.54 Å². The maximum absolute atomic E-state index is 4.34. The Morgan fingerprint density at radius 2 is 1.47 bits per heavy atom. The van der Waals surface area contributed by atoms with Crippen LogP contribution in [0.2, 0.25) is 0 Å². The highest BCUT2D eigenvalue weighted by atomic mass is 127. The van der Waals surface area contributed by atoms with Crippen LogP contribution in [0.15, 0.2) is 66.2 Å². The lowest BCUT2D eigenvalue weighted by atomic mass is 10.1. The average Bonchev–Trinajstić information content (AvgIpc) is 3.36. The standard InChI is InChI=1S/C24H31N7.HI/c1-25-24(28-16-21-9-11-23(12-10-21)31-19-26-18-29-31)27-15-20-5-7-22(8-6-20)17-30-13-3-2-4-14-30;/h5-12,18-19H,2-4,13-17H2,1H3,(H2,25,27,28);1H. The second-order valence-electron chi connectivity index (χ2n) is 7.94. The van der Waals surface area contributed by atoms with E-state index in [4.69, 9.17) is 0 Å². The molecule has 1 saturated heterocycles. The minimum Gasteiger partial charge on any atom is -0.352 e. The fraction of sp³-hybridized carbons (Fsp3) is 0.375. The number of halogens is 1. The minimum absolute atomic E-state index is 0. The highest BCUT2D eigenvalue weighted by Crippen LogP contribution is 2.13. The molecule has 0 saturated carbocycles. The fourth-order valence-corrected chi connectivity index (χ4v) is 3.84. The second-order valence-corrected chi connectivity index (χ2v) is 7.94. The summed E-state index contributed by atoms with van der Waals surface area (Å²) >= 11 is 0. The number of hydrogen-bond acceptors (Lipinski definition) is 4. The van der Waals surface area contributed by atoms with Crippen molar-refractivity contribution in [1.29, 1.82) is 0 Å². The van der Waals surface area contributed by atoms with Crippen molar-refractivity contribution in [3.63, 3.8) is 0 Å². The van der Waals surface area contributed by atoms with E-state index in [2.05, 4.69) is 67.0 Å². The lowest BCUT2D eigenvalue weighted by Crippen LogP contribution is -2.36. The summed E-state index contributed by atoms with van der Waals surface area (Å²) in [7, 11) is 1.80. The summed E-state index contributed by atoms with van der Waals surface area (Å²) in [4.78, 5) is 10.9. The molecule has 2 heterocycles. The van der Waals surface area contributed by atoms with Gasteiger partial charge in [0.25, 0.3) is 0 Å². The first-order valence-corrected chi connectivity index (χ1v) is 11.0. The minimum atomic E-state index is 0. The largest absolute Gasteiger partial charge is 0.352 e. The van der Waals surface area contributed by atoms with Crippen LogP contribution in [0.25, 0.3) is 5.69 Å². The van der Waals surface area contributed by atoms with Gasteiger partial charge in [-0.15, -0.1) is 24.0 Å². The van der Waals surface area contributed by atoms with E-state index < -0.39 is 0 Å². The van der Waals surface area contributed by atoms with Gasteiger partial charge in [0.1, 0.15) is 12.7 Å². The molecule has 0 radical (unpaired) electrons. The molecule has 0 aliphatic carbocycles. The Morgan fingerprint density at radius 3 is 2.03 bits per heavy atom. The summed E-state index contributed by atoms with van der Waals surface area (Å²) in [5.41, 5.74) is 4.81. The average molecular weight is 545 g/mol. The topological polar surface area (TPSA) is 70.4 Å². The molecular formula is C24H32IN7. The van der Waals surface area contributed by atoms with Gasteiger partial charge in [0.15, 0.2) is 5.96 Å². The molecule has 2 aromatic carbocycles. The van der Waals surface area contributed by atoms with Gasteiger partial charge >= 0.3 is 0 Å². The molecule has 0 amide bonds. The SMILES string of the molecule is CN=C(NCc1ccc(CN2CCCCC2)cc1)NCc1ccc(-n2cncn2)cc1.I. The Labute approximate surface area is 207 Å². The summed E-state index contributed by atoms with van der Waals surface area (Å²) < 4.78 is 1.75. The zero-order chi connectivity index (χ0) is 21.3. The molecule has 8 heteroatoms. The molecule has 1 aliphatic rings. The summed E-state index contributed by atoms with van der Waals surface area (Å²) in [6, 6.07) is 17.2. The summed E-state index contributed by atoms with van der Waals surface area (Å²) in [5.74, 6) is 0.790. The number of nitrogens with one attached hydrogen (secondary N) is 2. The molecule has 0 bridgehead atoms. The van der Waals surface area contributed by atoms with Crippen molar-refractivity contribution in [3.05, 3.63) is 77.9 Å². The van der Waals surface area contributed by atoms with Crippen molar-refractivity contribution < 1.29 is 0 Å². The van der Waals surface area contributed by atoms with Crippen LogP contribution in [-0.2, 0) is 19.6 Å². The Kier molecular flexibility index (Phi) is 9.48. The van der Waals surface area contributed by atoms with E-state index in [-0.39, 0.29) is 24.0 Å². The van der Waals surface area contributed by atoms with Crippen molar-refractivity contribution in [3.8, 4) is 5.69 Å². The van der Waals surface area contributed by atoms with Crippen LogP contribution in [0.4, 0.5) is 0 Å². The van der Waals surface area contributed by atoms with E-state index in [0.717, 1.165) is 24.7 Å². The van der Waals surface area contributed by atoms with E-state index in [1.165, 1.54) is 55.4 Å². The highest BCUT2D eigenvalue weighted by Gasteiger charge is 2.10. The third-order valence-corrected chi connectivity index (χ3v) is 5.64. The van der Waals surface area contributed by atoms with Crippen LogP contribution < -0.4 is 10.6 Å². The fourth-order valence-electron chi connectivity index (χ4n) is 3.84. The van der Waals surface area contributed by atoms with Crippen molar-refractivity contribution >= 4 is 29.9 Å². The van der Waals surface area contributed by atoms with Crippen LogP contribution >= 0.6 is 24.0 Å². The van der Waals surface area contributed by atoms with E-state index >= 15 is 0 Å². The van der Waals surface area contributed by atoms with Crippen LogP contribution in [-0.4, -0.2) is 45.8 Å². The normalized spacial score (nSPS) is 14.6. The van der Waals surface area contributed by atoms with Gasteiger partial charge < -0.3 is 10.6 Å².